The number of carboxylic acids is 1. The van der Waals surface area contributed by atoms with Gasteiger partial charge in [0.15, 0.2) is 5.03 Å². The lowest BCUT2D eigenvalue weighted by atomic mass is 9.93. The summed E-state index contributed by atoms with van der Waals surface area (Å²) in [6.07, 6.45) is 3.27. The minimum absolute atomic E-state index is 0.0747. The van der Waals surface area contributed by atoms with E-state index in [0.29, 0.717) is 12.8 Å². The summed E-state index contributed by atoms with van der Waals surface area (Å²) in [5, 5.41) is 18.5. The summed E-state index contributed by atoms with van der Waals surface area (Å²) in [6, 6.07) is 1.90. The first-order valence-electron chi connectivity index (χ1n) is 6.69. The standard InChI is InChI=1S/C13H18N2O5S/c1-15(10-4-2-3-5-11(10)16)21(19,20)12-7-6-9(8-14-12)13(17)18/h6-8,10-11,16H,2-5H2,1H3,(H,17,18). The zero-order chi connectivity index (χ0) is 15.6. The molecule has 1 fully saturated rings. The third-order valence-corrected chi connectivity index (χ3v) is 5.59. The highest BCUT2D eigenvalue weighted by Crippen LogP contribution is 2.26. The maximum Gasteiger partial charge on any atom is 0.337 e. The minimum Gasteiger partial charge on any atom is -0.478 e. The van der Waals surface area contributed by atoms with Crippen LogP contribution in [0, 0.1) is 0 Å². The van der Waals surface area contributed by atoms with E-state index in [1.807, 2.05) is 0 Å². The van der Waals surface area contributed by atoms with E-state index in [1.165, 1.54) is 19.2 Å². The number of pyridine rings is 1. The number of hydrogen-bond donors (Lipinski definition) is 2. The summed E-state index contributed by atoms with van der Waals surface area (Å²) in [7, 11) is -2.43. The normalized spacial score (nSPS) is 23.2. The van der Waals surface area contributed by atoms with Crippen molar-refractivity contribution in [1.82, 2.24) is 9.29 Å². The molecule has 0 saturated heterocycles. The maximum absolute atomic E-state index is 12.5. The van der Waals surface area contributed by atoms with Crippen molar-refractivity contribution in [2.24, 2.45) is 0 Å². The van der Waals surface area contributed by atoms with Crippen LogP contribution in [0.5, 0.6) is 0 Å². The van der Waals surface area contributed by atoms with Gasteiger partial charge in [0, 0.05) is 13.2 Å². The number of nitrogens with zero attached hydrogens (tertiary/aromatic N) is 2. The first-order valence-corrected chi connectivity index (χ1v) is 8.13. The largest absolute Gasteiger partial charge is 0.478 e. The van der Waals surface area contributed by atoms with Gasteiger partial charge in [0.2, 0.25) is 0 Å². The third-order valence-electron chi connectivity index (χ3n) is 3.79. The van der Waals surface area contributed by atoms with Crippen LogP contribution in [0.3, 0.4) is 0 Å². The number of carbonyl (C=O) groups is 1. The molecular weight excluding hydrogens is 296 g/mol. The summed E-state index contributed by atoms with van der Waals surface area (Å²) >= 11 is 0. The lowest BCUT2D eigenvalue weighted by Gasteiger charge is -2.34. The third kappa shape index (κ3) is 3.22. The second kappa shape index (κ2) is 6.08. The van der Waals surface area contributed by atoms with E-state index in [1.54, 1.807) is 0 Å². The Hall–Kier alpha value is -1.51. The van der Waals surface area contributed by atoms with Gasteiger partial charge in [0.1, 0.15) is 0 Å². The van der Waals surface area contributed by atoms with Crippen molar-refractivity contribution >= 4 is 16.0 Å². The van der Waals surface area contributed by atoms with Gasteiger partial charge in [0.25, 0.3) is 10.0 Å². The molecule has 2 rings (SSSR count). The number of sulfonamides is 1. The molecule has 2 N–H and O–H groups in total. The van der Waals surface area contributed by atoms with E-state index < -0.39 is 28.1 Å². The molecule has 0 amide bonds. The molecule has 1 heterocycles. The second-order valence-corrected chi connectivity index (χ2v) is 7.08. The van der Waals surface area contributed by atoms with Gasteiger partial charge in [-0.25, -0.2) is 18.2 Å². The molecule has 0 bridgehead atoms. The van der Waals surface area contributed by atoms with E-state index in [-0.39, 0.29) is 10.6 Å². The number of hydrogen-bond acceptors (Lipinski definition) is 5. The zero-order valence-electron chi connectivity index (χ0n) is 11.6. The van der Waals surface area contributed by atoms with Gasteiger partial charge in [-0.2, -0.15) is 4.31 Å². The van der Waals surface area contributed by atoms with E-state index in [9.17, 15) is 18.3 Å². The molecule has 1 aromatic heterocycles. The predicted molar refractivity (Wildman–Crippen MR) is 74.4 cm³/mol. The molecule has 1 aliphatic carbocycles. The quantitative estimate of drug-likeness (QED) is 0.847. The van der Waals surface area contributed by atoms with Crippen LogP contribution in [0.1, 0.15) is 36.0 Å². The molecule has 7 nitrogen and oxygen atoms in total. The second-order valence-electron chi connectivity index (χ2n) is 5.13. The first kappa shape index (κ1) is 15.9. The number of aliphatic hydroxyl groups excluding tert-OH is 1. The van der Waals surface area contributed by atoms with Crippen molar-refractivity contribution in [3.63, 3.8) is 0 Å². The number of rotatable bonds is 4. The van der Waals surface area contributed by atoms with E-state index in [4.69, 9.17) is 5.11 Å². The Balaban J connectivity index is 2.26. The zero-order valence-corrected chi connectivity index (χ0v) is 12.5. The van der Waals surface area contributed by atoms with Crippen molar-refractivity contribution in [3.8, 4) is 0 Å². The molecule has 1 saturated carbocycles. The van der Waals surface area contributed by atoms with Crippen LogP contribution in [0.4, 0.5) is 0 Å². The average molecular weight is 314 g/mol. The predicted octanol–water partition coefficient (Wildman–Crippen LogP) is 0.704. The fourth-order valence-corrected chi connectivity index (χ4v) is 3.82. The minimum atomic E-state index is -3.84. The highest BCUT2D eigenvalue weighted by molar-refractivity contribution is 7.89. The number of likely N-dealkylation sites (N-methyl/N-ethyl adjacent to an activating group) is 1. The van der Waals surface area contributed by atoms with Gasteiger partial charge < -0.3 is 10.2 Å². The van der Waals surface area contributed by atoms with Gasteiger partial charge in [-0.3, -0.25) is 0 Å². The van der Waals surface area contributed by atoms with Crippen LogP contribution < -0.4 is 0 Å². The van der Waals surface area contributed by atoms with Crippen LogP contribution in [-0.2, 0) is 10.0 Å². The molecule has 0 radical (unpaired) electrons. The van der Waals surface area contributed by atoms with Crippen molar-refractivity contribution in [3.05, 3.63) is 23.9 Å². The molecule has 1 aromatic rings. The molecule has 0 aromatic carbocycles. The van der Waals surface area contributed by atoms with Gasteiger partial charge in [-0.05, 0) is 25.0 Å². The number of aromatic nitrogens is 1. The highest BCUT2D eigenvalue weighted by atomic mass is 32.2. The number of aliphatic hydroxyl groups is 1. The summed E-state index contributed by atoms with van der Waals surface area (Å²) in [4.78, 5) is 14.5. The summed E-state index contributed by atoms with van der Waals surface area (Å²) in [5.41, 5.74) is -0.0747. The van der Waals surface area contributed by atoms with Gasteiger partial charge >= 0.3 is 5.97 Å². The van der Waals surface area contributed by atoms with Crippen LogP contribution >= 0.6 is 0 Å². The topological polar surface area (TPSA) is 108 Å². The molecule has 2 atom stereocenters. The SMILES string of the molecule is CN(C1CCCCC1O)S(=O)(=O)c1ccc(C(=O)O)cn1. The van der Waals surface area contributed by atoms with Crippen molar-refractivity contribution in [1.29, 1.82) is 0 Å². The van der Waals surface area contributed by atoms with Crippen molar-refractivity contribution in [2.45, 2.75) is 42.9 Å². The Bertz CT molecular complexity index is 614. The molecule has 8 heteroatoms. The van der Waals surface area contributed by atoms with E-state index in [0.717, 1.165) is 23.3 Å². The Morgan fingerprint density at radius 2 is 2.00 bits per heavy atom. The van der Waals surface area contributed by atoms with Gasteiger partial charge in [-0.15, -0.1) is 0 Å². The summed E-state index contributed by atoms with van der Waals surface area (Å²) in [6.45, 7) is 0. The monoisotopic (exact) mass is 314 g/mol. The Labute approximate surface area is 123 Å². The molecule has 0 aliphatic heterocycles. The highest BCUT2D eigenvalue weighted by Gasteiger charge is 2.34. The van der Waals surface area contributed by atoms with Gasteiger partial charge in [0.05, 0.1) is 17.7 Å². The fourth-order valence-electron chi connectivity index (χ4n) is 2.50. The molecule has 2 unspecified atom stereocenters. The molecule has 21 heavy (non-hydrogen) atoms. The number of carboxylic acid groups (broad SMARTS) is 1. The molecule has 116 valence electrons. The lowest BCUT2D eigenvalue weighted by Crippen LogP contribution is -2.46. The summed E-state index contributed by atoms with van der Waals surface area (Å²) < 4.78 is 26.1. The van der Waals surface area contributed by atoms with Crippen LogP contribution in [0.2, 0.25) is 0 Å². The Kier molecular flexibility index (Phi) is 4.60. The van der Waals surface area contributed by atoms with Crippen LogP contribution in [0.15, 0.2) is 23.4 Å². The van der Waals surface area contributed by atoms with Crippen molar-refractivity contribution in [2.75, 3.05) is 7.05 Å². The van der Waals surface area contributed by atoms with E-state index >= 15 is 0 Å². The maximum atomic E-state index is 12.5. The molecule has 0 spiro atoms. The summed E-state index contributed by atoms with van der Waals surface area (Å²) in [5.74, 6) is -1.16. The van der Waals surface area contributed by atoms with Crippen LogP contribution in [0.25, 0.3) is 0 Å². The Morgan fingerprint density at radius 3 is 2.52 bits per heavy atom. The smallest absolute Gasteiger partial charge is 0.337 e. The van der Waals surface area contributed by atoms with Crippen molar-refractivity contribution < 1.29 is 23.4 Å². The number of aromatic carboxylic acids is 1. The molecular formula is C13H18N2O5S. The lowest BCUT2D eigenvalue weighted by molar-refractivity contribution is 0.0637. The molecule has 1 aliphatic rings. The first-order chi connectivity index (χ1) is 9.84. The van der Waals surface area contributed by atoms with Gasteiger partial charge in [-0.1, -0.05) is 12.8 Å². The average Bonchev–Trinajstić information content (AvgIpc) is 2.47. The van der Waals surface area contributed by atoms with Crippen LogP contribution in [-0.4, -0.2) is 53.1 Å². The fraction of sp³-hybridized carbons (Fsp3) is 0.538. The van der Waals surface area contributed by atoms with E-state index in [2.05, 4.69) is 4.98 Å². The Morgan fingerprint density at radius 1 is 1.33 bits per heavy atom.